The molecular weight excluding hydrogens is 554 g/mol. The summed E-state index contributed by atoms with van der Waals surface area (Å²) in [5.41, 5.74) is 2.72. The van der Waals surface area contributed by atoms with Crippen LogP contribution < -0.4 is 10.2 Å². The monoisotopic (exact) mass is 575 g/mol. The number of rotatable bonds is 4. The third kappa shape index (κ3) is 3.32. The van der Waals surface area contributed by atoms with E-state index in [1.54, 1.807) is 48.8 Å². The van der Waals surface area contributed by atoms with E-state index in [4.69, 9.17) is 0 Å². The highest BCUT2D eigenvalue weighted by molar-refractivity contribution is 9.10. The van der Waals surface area contributed by atoms with Gasteiger partial charge in [0.25, 0.3) is 0 Å². The molecule has 4 atom stereocenters. The second kappa shape index (κ2) is 8.85. The molecule has 7 rings (SSSR count). The van der Waals surface area contributed by atoms with E-state index in [2.05, 4.69) is 26.2 Å². The van der Waals surface area contributed by atoms with Crippen molar-refractivity contribution in [1.82, 2.24) is 4.98 Å². The van der Waals surface area contributed by atoms with Crippen molar-refractivity contribution >= 4 is 50.9 Å². The van der Waals surface area contributed by atoms with Crippen molar-refractivity contribution < 1.29 is 14.4 Å². The molecule has 4 aromatic rings. The van der Waals surface area contributed by atoms with Crippen LogP contribution in [0.4, 0.5) is 11.4 Å². The van der Waals surface area contributed by atoms with E-state index >= 15 is 0 Å². The van der Waals surface area contributed by atoms with Crippen LogP contribution in [0.3, 0.4) is 0 Å². The van der Waals surface area contributed by atoms with Crippen molar-refractivity contribution in [3.8, 4) is 0 Å². The molecular formula is C32H22BrN3O3. The summed E-state index contributed by atoms with van der Waals surface area (Å²) in [5, 5.41) is 3.05. The molecule has 0 aliphatic carbocycles. The number of benzene rings is 3. The first kappa shape index (κ1) is 23.7. The first-order chi connectivity index (χ1) is 19.0. The Bertz CT molecular complexity index is 1680. The van der Waals surface area contributed by atoms with Crippen LogP contribution in [0.1, 0.15) is 31.8 Å². The number of carbonyl (C=O) groups excluding carboxylic acids is 3. The van der Waals surface area contributed by atoms with Gasteiger partial charge < -0.3 is 10.2 Å². The molecule has 3 aliphatic heterocycles. The third-order valence-electron chi connectivity index (χ3n) is 8.19. The standard InChI is InChI=1S/C32H22BrN3O3/c33-22-12-9-20(10-13-22)29(37)27-28(30(38)21-15-17-34-18-16-21)36-25-8-4-1-5-19(25)11-14-26(36)32(27)23-6-2-3-7-24(23)35-31(32)39/h1-18,26-28H,(H,35,39)/t26-,27+,28-,32-/m0/s1. The lowest BCUT2D eigenvalue weighted by Gasteiger charge is -2.37. The number of nitrogens with one attached hydrogen (secondary N) is 1. The van der Waals surface area contributed by atoms with Gasteiger partial charge in [0.1, 0.15) is 11.5 Å². The Morgan fingerprint density at radius 1 is 0.846 bits per heavy atom. The van der Waals surface area contributed by atoms with Gasteiger partial charge in [-0.15, -0.1) is 0 Å². The number of anilines is 2. The summed E-state index contributed by atoms with van der Waals surface area (Å²) >= 11 is 3.45. The molecule has 0 saturated carbocycles. The molecule has 6 nitrogen and oxygen atoms in total. The molecule has 0 bridgehead atoms. The summed E-state index contributed by atoms with van der Waals surface area (Å²) in [6.45, 7) is 0. The van der Waals surface area contributed by atoms with Gasteiger partial charge in [0, 0.05) is 39.4 Å². The summed E-state index contributed by atoms with van der Waals surface area (Å²) in [7, 11) is 0. The van der Waals surface area contributed by atoms with E-state index in [0.29, 0.717) is 16.8 Å². The van der Waals surface area contributed by atoms with Crippen LogP contribution in [0.15, 0.2) is 108 Å². The number of pyridine rings is 1. The van der Waals surface area contributed by atoms with Crippen molar-refractivity contribution in [2.75, 3.05) is 10.2 Å². The molecule has 3 aromatic carbocycles. The van der Waals surface area contributed by atoms with Crippen LogP contribution in [-0.4, -0.2) is 34.5 Å². The maximum absolute atomic E-state index is 14.7. The SMILES string of the molecule is O=C(c1ccncc1)[C@@H]1[C@H](C(=O)c2ccc(Br)cc2)[C@@]2(C(=O)Nc3ccccc32)[C@@H]2C=Cc3ccccc3N12. The number of hydrogen-bond donors (Lipinski definition) is 1. The smallest absolute Gasteiger partial charge is 0.238 e. The van der Waals surface area contributed by atoms with Crippen LogP contribution in [0.25, 0.3) is 6.08 Å². The van der Waals surface area contributed by atoms with Gasteiger partial charge in [0.05, 0.1) is 12.0 Å². The Kier molecular flexibility index (Phi) is 5.39. The fourth-order valence-electron chi connectivity index (χ4n) is 6.60. The molecule has 0 unspecified atom stereocenters. The Morgan fingerprint density at radius 2 is 1.54 bits per heavy atom. The number of carbonyl (C=O) groups is 3. The van der Waals surface area contributed by atoms with Crippen molar-refractivity contribution in [3.05, 3.63) is 130 Å². The molecule has 1 spiro atoms. The normalized spacial score (nSPS) is 24.2. The maximum atomic E-state index is 14.7. The highest BCUT2D eigenvalue weighted by Gasteiger charge is 2.70. The van der Waals surface area contributed by atoms with E-state index in [0.717, 1.165) is 21.3 Å². The molecule has 7 heteroatoms. The number of nitrogens with zero attached hydrogens (tertiary/aromatic N) is 2. The second-order valence-electron chi connectivity index (χ2n) is 10.0. The van der Waals surface area contributed by atoms with Crippen LogP contribution in [-0.2, 0) is 10.2 Å². The second-order valence-corrected chi connectivity index (χ2v) is 10.9. The number of ketones is 2. The number of para-hydroxylation sites is 2. The Morgan fingerprint density at radius 3 is 2.33 bits per heavy atom. The number of amides is 1. The van der Waals surface area contributed by atoms with Crippen LogP contribution >= 0.6 is 15.9 Å². The number of hydrogen-bond acceptors (Lipinski definition) is 5. The average Bonchev–Trinajstić information content (AvgIpc) is 3.45. The van der Waals surface area contributed by atoms with E-state index < -0.39 is 23.4 Å². The number of halogens is 1. The Labute approximate surface area is 233 Å². The Hall–Kier alpha value is -4.36. The summed E-state index contributed by atoms with van der Waals surface area (Å²) in [5.74, 6) is -1.74. The predicted molar refractivity (Wildman–Crippen MR) is 153 cm³/mol. The van der Waals surface area contributed by atoms with E-state index in [-0.39, 0.29) is 17.5 Å². The highest BCUT2D eigenvalue weighted by atomic mass is 79.9. The first-order valence-corrected chi connectivity index (χ1v) is 13.5. The minimum atomic E-state index is -1.32. The van der Waals surface area contributed by atoms with Crippen molar-refractivity contribution in [3.63, 3.8) is 0 Å². The number of fused-ring (bicyclic) bond motifs is 6. The molecule has 190 valence electrons. The molecule has 0 radical (unpaired) electrons. The number of aromatic nitrogens is 1. The lowest BCUT2D eigenvalue weighted by molar-refractivity contribution is -0.121. The van der Waals surface area contributed by atoms with Gasteiger partial charge in [-0.3, -0.25) is 19.4 Å². The molecule has 1 N–H and O–H groups in total. The fourth-order valence-corrected chi connectivity index (χ4v) is 6.86. The molecule has 39 heavy (non-hydrogen) atoms. The quantitative estimate of drug-likeness (QED) is 0.316. The molecule has 1 saturated heterocycles. The van der Waals surface area contributed by atoms with Crippen molar-refractivity contribution in [2.24, 2.45) is 5.92 Å². The summed E-state index contributed by atoms with van der Waals surface area (Å²) in [6, 6.07) is 24.2. The van der Waals surface area contributed by atoms with Gasteiger partial charge in [0.2, 0.25) is 5.91 Å². The zero-order valence-electron chi connectivity index (χ0n) is 20.6. The zero-order valence-corrected chi connectivity index (χ0v) is 22.2. The van der Waals surface area contributed by atoms with E-state index in [1.807, 2.05) is 65.6 Å². The van der Waals surface area contributed by atoms with Crippen LogP contribution in [0.2, 0.25) is 0 Å². The van der Waals surface area contributed by atoms with Crippen LogP contribution in [0, 0.1) is 5.92 Å². The van der Waals surface area contributed by atoms with Gasteiger partial charge in [-0.25, -0.2) is 0 Å². The summed E-state index contributed by atoms with van der Waals surface area (Å²) in [6.07, 6.45) is 7.11. The average molecular weight is 576 g/mol. The molecule has 3 aliphatic rings. The topological polar surface area (TPSA) is 79.4 Å². The van der Waals surface area contributed by atoms with Crippen molar-refractivity contribution in [2.45, 2.75) is 17.5 Å². The first-order valence-electron chi connectivity index (χ1n) is 12.7. The number of Topliss-reactive ketones (excluding diaryl/α,β-unsaturated/α-hetero) is 2. The zero-order chi connectivity index (χ0) is 26.7. The van der Waals surface area contributed by atoms with E-state index in [9.17, 15) is 14.4 Å². The van der Waals surface area contributed by atoms with Crippen molar-refractivity contribution in [1.29, 1.82) is 0 Å². The third-order valence-corrected chi connectivity index (χ3v) is 8.72. The van der Waals surface area contributed by atoms with Gasteiger partial charge in [-0.1, -0.05) is 76.6 Å². The summed E-state index contributed by atoms with van der Waals surface area (Å²) in [4.78, 5) is 49.5. The minimum Gasteiger partial charge on any atom is -0.352 e. The Balaban J connectivity index is 1.54. The van der Waals surface area contributed by atoms with Gasteiger partial charge >= 0.3 is 0 Å². The summed E-state index contributed by atoms with van der Waals surface area (Å²) < 4.78 is 0.836. The maximum Gasteiger partial charge on any atom is 0.238 e. The predicted octanol–water partition coefficient (Wildman–Crippen LogP) is 5.70. The van der Waals surface area contributed by atoms with Gasteiger partial charge in [-0.05, 0) is 47.5 Å². The highest BCUT2D eigenvalue weighted by Crippen LogP contribution is 2.58. The lowest BCUT2D eigenvalue weighted by Crippen LogP contribution is -2.51. The molecule has 1 aromatic heterocycles. The molecule has 4 heterocycles. The molecule has 1 amide bonds. The fraction of sp³-hybridized carbons (Fsp3) is 0.125. The van der Waals surface area contributed by atoms with Gasteiger partial charge in [0.15, 0.2) is 11.6 Å². The largest absolute Gasteiger partial charge is 0.352 e. The molecule has 1 fully saturated rings. The minimum absolute atomic E-state index is 0.225. The van der Waals surface area contributed by atoms with Crippen LogP contribution in [0.5, 0.6) is 0 Å². The van der Waals surface area contributed by atoms with Gasteiger partial charge in [-0.2, -0.15) is 0 Å². The van der Waals surface area contributed by atoms with E-state index in [1.165, 1.54) is 0 Å². The lowest BCUT2D eigenvalue weighted by atomic mass is 9.64.